The predicted molar refractivity (Wildman–Crippen MR) is 96.7 cm³/mol. The minimum atomic E-state index is 0.0667. The number of hydrogen-bond donors (Lipinski definition) is 0. The summed E-state index contributed by atoms with van der Waals surface area (Å²) in [5.41, 5.74) is 4.63. The van der Waals surface area contributed by atoms with E-state index in [2.05, 4.69) is 79.8 Å². The zero-order valence-corrected chi connectivity index (χ0v) is 14.8. The molecule has 1 aromatic heterocycles. The molecule has 3 aromatic rings. The first kappa shape index (κ1) is 15.2. The second-order valence-corrected chi connectivity index (χ2v) is 6.72. The minimum Gasteiger partial charge on any atom is -0.214 e. The predicted octanol–water partition coefficient (Wildman–Crippen LogP) is 4.11. The van der Waals surface area contributed by atoms with Gasteiger partial charge in [-0.15, -0.1) is 0 Å². The van der Waals surface area contributed by atoms with Gasteiger partial charge < -0.3 is 0 Å². The fourth-order valence-electron chi connectivity index (χ4n) is 2.96. The van der Waals surface area contributed by atoms with Gasteiger partial charge in [-0.05, 0) is 45.7 Å². The molecule has 0 saturated carbocycles. The van der Waals surface area contributed by atoms with Crippen LogP contribution in [0.1, 0.15) is 36.1 Å². The van der Waals surface area contributed by atoms with Gasteiger partial charge in [0.05, 0.1) is 11.8 Å². The third kappa shape index (κ3) is 2.78. The van der Waals surface area contributed by atoms with E-state index in [-0.39, 0.29) is 6.04 Å². The Morgan fingerprint density at radius 1 is 1.08 bits per heavy atom. The molecule has 5 nitrogen and oxygen atoms in total. The standard InChI is InChI=1S/C18H16BrN5/c1-2-12-3-5-14(6-4-12)17-11-16(13-7-9-15(19)10-8-13)20-18-21-22-23-24(17)18/h3-10,17H,2,11H2,1H3. The van der Waals surface area contributed by atoms with Crippen molar-refractivity contribution in [2.45, 2.75) is 25.8 Å². The number of tetrazole rings is 1. The smallest absolute Gasteiger partial charge is 0.214 e. The van der Waals surface area contributed by atoms with Gasteiger partial charge in [0.25, 0.3) is 5.95 Å². The molecule has 0 N–H and O–H groups in total. The molecule has 1 unspecified atom stereocenters. The summed E-state index contributed by atoms with van der Waals surface area (Å²) >= 11 is 3.47. The number of aliphatic imine (C=N–C) groups is 1. The number of benzene rings is 2. The number of aryl methyl sites for hydroxylation is 1. The summed E-state index contributed by atoms with van der Waals surface area (Å²) in [5, 5.41) is 12.0. The van der Waals surface area contributed by atoms with Gasteiger partial charge in [-0.1, -0.05) is 64.4 Å². The summed E-state index contributed by atoms with van der Waals surface area (Å²) in [7, 11) is 0. The first-order chi connectivity index (χ1) is 11.7. The van der Waals surface area contributed by atoms with Gasteiger partial charge in [-0.2, -0.15) is 0 Å². The summed E-state index contributed by atoms with van der Waals surface area (Å²) < 4.78 is 2.86. The first-order valence-electron chi connectivity index (χ1n) is 7.95. The van der Waals surface area contributed by atoms with Crippen LogP contribution in [0.15, 0.2) is 58.0 Å². The van der Waals surface area contributed by atoms with E-state index in [4.69, 9.17) is 0 Å². The minimum absolute atomic E-state index is 0.0667. The highest BCUT2D eigenvalue weighted by atomic mass is 79.9. The molecule has 4 rings (SSSR count). The maximum absolute atomic E-state index is 4.64. The molecule has 0 amide bonds. The molecule has 120 valence electrons. The number of fused-ring (bicyclic) bond motifs is 1. The first-order valence-corrected chi connectivity index (χ1v) is 8.74. The zero-order chi connectivity index (χ0) is 16.5. The van der Waals surface area contributed by atoms with E-state index in [9.17, 15) is 0 Å². The van der Waals surface area contributed by atoms with Gasteiger partial charge in [0.1, 0.15) is 0 Å². The highest BCUT2D eigenvalue weighted by Gasteiger charge is 2.26. The van der Waals surface area contributed by atoms with Crippen LogP contribution >= 0.6 is 15.9 Å². The fraction of sp³-hybridized carbons (Fsp3) is 0.222. The molecule has 0 saturated heterocycles. The maximum atomic E-state index is 4.64. The average molecular weight is 382 g/mol. The lowest BCUT2D eigenvalue weighted by molar-refractivity contribution is 0.514. The van der Waals surface area contributed by atoms with E-state index >= 15 is 0 Å². The van der Waals surface area contributed by atoms with E-state index in [0.29, 0.717) is 5.95 Å². The maximum Gasteiger partial charge on any atom is 0.269 e. The van der Waals surface area contributed by atoms with E-state index in [1.807, 2.05) is 16.8 Å². The van der Waals surface area contributed by atoms with Crippen molar-refractivity contribution in [1.82, 2.24) is 20.2 Å². The Morgan fingerprint density at radius 2 is 1.83 bits per heavy atom. The quantitative estimate of drug-likeness (QED) is 0.685. The van der Waals surface area contributed by atoms with Crippen LogP contribution in [0.4, 0.5) is 5.95 Å². The fourth-order valence-corrected chi connectivity index (χ4v) is 3.22. The van der Waals surface area contributed by atoms with Crippen molar-refractivity contribution in [3.63, 3.8) is 0 Å². The van der Waals surface area contributed by atoms with Crippen LogP contribution in [0.25, 0.3) is 0 Å². The monoisotopic (exact) mass is 381 g/mol. The molecule has 6 heteroatoms. The van der Waals surface area contributed by atoms with Crippen molar-refractivity contribution in [2.24, 2.45) is 4.99 Å². The van der Waals surface area contributed by atoms with Gasteiger partial charge in [0.15, 0.2) is 0 Å². The van der Waals surface area contributed by atoms with Crippen molar-refractivity contribution >= 4 is 27.6 Å². The van der Waals surface area contributed by atoms with Gasteiger partial charge in [0, 0.05) is 10.9 Å². The largest absolute Gasteiger partial charge is 0.269 e. The number of hydrogen-bond acceptors (Lipinski definition) is 4. The summed E-state index contributed by atoms with van der Waals surface area (Å²) in [5.74, 6) is 0.559. The number of nitrogens with zero attached hydrogens (tertiary/aromatic N) is 5. The third-order valence-electron chi connectivity index (χ3n) is 4.34. The van der Waals surface area contributed by atoms with Crippen molar-refractivity contribution in [1.29, 1.82) is 0 Å². The average Bonchev–Trinajstić information content (AvgIpc) is 3.10. The Labute approximate surface area is 148 Å². The second-order valence-electron chi connectivity index (χ2n) is 5.80. The molecule has 2 aromatic carbocycles. The Morgan fingerprint density at radius 3 is 2.54 bits per heavy atom. The van der Waals surface area contributed by atoms with Crippen molar-refractivity contribution in [3.8, 4) is 0 Å². The molecule has 0 fully saturated rings. The Bertz CT molecular complexity index is 881. The Hall–Kier alpha value is -2.34. The molecule has 0 bridgehead atoms. The zero-order valence-electron chi connectivity index (χ0n) is 13.2. The van der Waals surface area contributed by atoms with Gasteiger partial charge in [-0.25, -0.2) is 9.67 Å². The molecule has 2 heterocycles. The topological polar surface area (TPSA) is 56.0 Å². The SMILES string of the molecule is CCc1ccc(C2CC(c3ccc(Br)cc3)=Nc3nnnn32)cc1. The summed E-state index contributed by atoms with van der Waals surface area (Å²) in [6.45, 7) is 2.16. The van der Waals surface area contributed by atoms with E-state index in [1.54, 1.807) is 0 Å². The van der Waals surface area contributed by atoms with Crippen molar-refractivity contribution in [2.75, 3.05) is 0 Å². The third-order valence-corrected chi connectivity index (χ3v) is 4.87. The summed E-state index contributed by atoms with van der Waals surface area (Å²) in [6.07, 6.45) is 1.80. The molecule has 1 aliphatic heterocycles. The molecule has 0 aliphatic carbocycles. The Balaban J connectivity index is 1.74. The van der Waals surface area contributed by atoms with Crippen LogP contribution in [0, 0.1) is 0 Å². The summed E-state index contributed by atoms with van der Waals surface area (Å²) in [6, 6.07) is 16.9. The highest BCUT2D eigenvalue weighted by Crippen LogP contribution is 2.32. The van der Waals surface area contributed by atoms with Gasteiger partial charge >= 0.3 is 0 Å². The lowest BCUT2D eigenvalue weighted by Crippen LogP contribution is -2.21. The molecule has 1 aliphatic rings. The summed E-state index contributed by atoms with van der Waals surface area (Å²) in [4.78, 5) is 4.64. The Kier molecular flexibility index (Phi) is 3.98. The van der Waals surface area contributed by atoms with Crippen LogP contribution in [0.5, 0.6) is 0 Å². The van der Waals surface area contributed by atoms with Crippen LogP contribution in [0.3, 0.4) is 0 Å². The van der Waals surface area contributed by atoms with E-state index < -0.39 is 0 Å². The number of aromatic nitrogens is 4. The molecular formula is C18H16BrN5. The van der Waals surface area contributed by atoms with E-state index in [1.165, 1.54) is 11.1 Å². The van der Waals surface area contributed by atoms with Crippen LogP contribution in [0.2, 0.25) is 0 Å². The van der Waals surface area contributed by atoms with Gasteiger partial charge in [-0.3, -0.25) is 0 Å². The van der Waals surface area contributed by atoms with Crippen molar-refractivity contribution < 1.29 is 0 Å². The normalized spacial score (nSPS) is 16.6. The van der Waals surface area contributed by atoms with Crippen LogP contribution < -0.4 is 0 Å². The highest BCUT2D eigenvalue weighted by molar-refractivity contribution is 9.10. The lowest BCUT2D eigenvalue weighted by atomic mass is 9.95. The second kappa shape index (κ2) is 6.28. The molecular weight excluding hydrogens is 366 g/mol. The molecule has 24 heavy (non-hydrogen) atoms. The molecule has 0 radical (unpaired) electrons. The lowest BCUT2D eigenvalue weighted by Gasteiger charge is -2.23. The van der Waals surface area contributed by atoms with Crippen LogP contribution in [-0.4, -0.2) is 25.9 Å². The number of halogens is 1. The molecule has 1 atom stereocenters. The van der Waals surface area contributed by atoms with Crippen molar-refractivity contribution in [3.05, 3.63) is 69.7 Å². The van der Waals surface area contributed by atoms with E-state index in [0.717, 1.165) is 28.6 Å². The van der Waals surface area contributed by atoms with Crippen LogP contribution in [-0.2, 0) is 6.42 Å². The molecule has 0 spiro atoms. The number of rotatable bonds is 3. The van der Waals surface area contributed by atoms with Gasteiger partial charge in [0.2, 0.25) is 0 Å².